The molecule has 0 spiro atoms. The molecule has 13 heavy (non-hydrogen) atoms. The molecule has 2 aliphatic rings. The van der Waals surface area contributed by atoms with E-state index in [0.29, 0.717) is 0 Å². The Bertz CT molecular complexity index is 285. The van der Waals surface area contributed by atoms with Crippen LogP contribution in [-0.2, 0) is 0 Å². The molecule has 1 N–H and O–H groups in total. The van der Waals surface area contributed by atoms with Crippen molar-refractivity contribution in [2.45, 2.75) is 12.5 Å². The van der Waals surface area contributed by atoms with Crippen molar-refractivity contribution < 1.29 is 4.79 Å². The Balaban J connectivity index is 2.20. The van der Waals surface area contributed by atoms with E-state index in [0.717, 1.165) is 23.1 Å². The summed E-state index contributed by atoms with van der Waals surface area (Å²) in [7, 11) is 0. The molecule has 1 atom stereocenters. The summed E-state index contributed by atoms with van der Waals surface area (Å²) in [5, 5.41) is 2.95. The van der Waals surface area contributed by atoms with Gasteiger partial charge in [-0.15, -0.1) is 0 Å². The molecule has 1 unspecified atom stereocenters. The van der Waals surface area contributed by atoms with E-state index in [1.54, 1.807) is 0 Å². The van der Waals surface area contributed by atoms with Gasteiger partial charge in [-0.25, -0.2) is 4.79 Å². The van der Waals surface area contributed by atoms with Crippen molar-refractivity contribution in [2.75, 3.05) is 11.0 Å². The topological polar surface area (TPSA) is 32.3 Å². The number of amides is 2. The zero-order valence-corrected chi connectivity index (χ0v) is 9.32. The number of allylic oxidation sites excluding steroid dienone is 2. The smallest absolute Gasteiger partial charge is 0.322 e. The third kappa shape index (κ3) is 1.59. The van der Waals surface area contributed by atoms with Gasteiger partial charge in [0.15, 0.2) is 0 Å². The van der Waals surface area contributed by atoms with Crippen molar-refractivity contribution in [1.82, 2.24) is 10.2 Å². The van der Waals surface area contributed by atoms with Crippen molar-refractivity contribution in [1.29, 1.82) is 0 Å². The Kier molecular flexibility index (Phi) is 2.57. The summed E-state index contributed by atoms with van der Waals surface area (Å²) < 4.78 is 0.971. The molecule has 1 fully saturated rings. The van der Waals surface area contributed by atoms with E-state index in [-0.39, 0.29) is 12.1 Å². The number of hydrogen-bond acceptors (Lipinski definition) is 1. The fourth-order valence-corrected chi connectivity index (χ4v) is 2.17. The average Bonchev–Trinajstić information content (AvgIpc) is 2.44. The number of halogens is 1. The number of alkyl halides is 1. The van der Waals surface area contributed by atoms with Gasteiger partial charge in [-0.05, 0) is 12.5 Å². The standard InChI is InChI=1S/C9H11IN2O/c10-5-6-12-8-4-2-1-3-7(8)11-9(12)13/h1-2,4,7H,3,5-6H2,(H,11,13). The van der Waals surface area contributed by atoms with Crippen LogP contribution in [0.25, 0.3) is 0 Å². The van der Waals surface area contributed by atoms with Crippen LogP contribution in [0.2, 0.25) is 0 Å². The molecule has 1 saturated heterocycles. The second kappa shape index (κ2) is 3.69. The van der Waals surface area contributed by atoms with Gasteiger partial charge >= 0.3 is 6.03 Å². The molecule has 0 aromatic rings. The van der Waals surface area contributed by atoms with Crippen molar-refractivity contribution >= 4 is 28.6 Å². The molecule has 1 aliphatic heterocycles. The molecule has 1 aliphatic carbocycles. The first kappa shape index (κ1) is 9.05. The van der Waals surface area contributed by atoms with Gasteiger partial charge in [0, 0.05) is 16.7 Å². The van der Waals surface area contributed by atoms with Crippen LogP contribution >= 0.6 is 22.6 Å². The Morgan fingerprint density at radius 2 is 2.54 bits per heavy atom. The van der Waals surface area contributed by atoms with Gasteiger partial charge in [0.25, 0.3) is 0 Å². The predicted molar refractivity (Wildman–Crippen MR) is 59.8 cm³/mol. The Labute approximate surface area is 91.0 Å². The van der Waals surface area contributed by atoms with Gasteiger partial charge in [0.1, 0.15) is 0 Å². The molecule has 1 heterocycles. The van der Waals surface area contributed by atoms with E-state index in [2.05, 4.69) is 34.0 Å². The minimum atomic E-state index is 0.0524. The molecule has 3 nitrogen and oxygen atoms in total. The highest BCUT2D eigenvalue weighted by Crippen LogP contribution is 2.23. The molecule has 2 amide bonds. The number of carbonyl (C=O) groups is 1. The van der Waals surface area contributed by atoms with Gasteiger partial charge < -0.3 is 5.32 Å². The van der Waals surface area contributed by atoms with Gasteiger partial charge in [-0.2, -0.15) is 0 Å². The molecular formula is C9H11IN2O. The minimum Gasteiger partial charge on any atom is -0.329 e. The Hall–Kier alpha value is -0.520. The van der Waals surface area contributed by atoms with Crippen molar-refractivity contribution in [3.63, 3.8) is 0 Å². The van der Waals surface area contributed by atoms with E-state index in [1.807, 2.05) is 17.1 Å². The van der Waals surface area contributed by atoms with Gasteiger partial charge in [-0.1, -0.05) is 34.7 Å². The largest absolute Gasteiger partial charge is 0.329 e. The Morgan fingerprint density at radius 1 is 1.69 bits per heavy atom. The third-order valence-electron chi connectivity index (χ3n) is 2.29. The molecule has 0 aromatic heterocycles. The zero-order chi connectivity index (χ0) is 9.26. The van der Waals surface area contributed by atoms with Crippen LogP contribution in [0.5, 0.6) is 0 Å². The molecule has 2 rings (SSSR count). The summed E-state index contributed by atoms with van der Waals surface area (Å²) >= 11 is 2.28. The SMILES string of the molecule is O=C1NC2CC=CC=C2N1CCI. The monoisotopic (exact) mass is 290 g/mol. The number of hydrogen-bond donors (Lipinski definition) is 1. The van der Waals surface area contributed by atoms with Crippen molar-refractivity contribution in [2.24, 2.45) is 0 Å². The van der Waals surface area contributed by atoms with Crippen LogP contribution in [0.4, 0.5) is 4.79 Å². The average molecular weight is 290 g/mol. The van der Waals surface area contributed by atoms with Crippen LogP contribution in [0.3, 0.4) is 0 Å². The maximum atomic E-state index is 11.5. The molecule has 0 aromatic carbocycles. The summed E-state index contributed by atoms with van der Waals surface area (Å²) in [5.74, 6) is 0. The third-order valence-corrected chi connectivity index (χ3v) is 2.78. The lowest BCUT2D eigenvalue weighted by Crippen LogP contribution is -2.29. The Morgan fingerprint density at radius 3 is 3.31 bits per heavy atom. The van der Waals surface area contributed by atoms with E-state index in [9.17, 15) is 4.79 Å². The fraction of sp³-hybridized carbons (Fsp3) is 0.444. The maximum Gasteiger partial charge on any atom is 0.322 e. The molecule has 0 bridgehead atoms. The maximum absolute atomic E-state index is 11.5. The fourth-order valence-electron chi connectivity index (χ4n) is 1.69. The predicted octanol–water partition coefficient (Wildman–Crippen LogP) is 1.66. The number of rotatable bonds is 2. The normalized spacial score (nSPS) is 25.6. The highest BCUT2D eigenvalue weighted by atomic mass is 127. The summed E-state index contributed by atoms with van der Waals surface area (Å²) in [6, 6.07) is 0.275. The second-order valence-electron chi connectivity index (χ2n) is 3.10. The first-order chi connectivity index (χ1) is 6.33. The molecular weight excluding hydrogens is 279 g/mol. The van der Waals surface area contributed by atoms with Crippen LogP contribution in [0, 0.1) is 0 Å². The second-order valence-corrected chi connectivity index (χ2v) is 4.18. The van der Waals surface area contributed by atoms with Gasteiger partial charge in [-0.3, -0.25) is 4.90 Å². The van der Waals surface area contributed by atoms with E-state index in [4.69, 9.17) is 0 Å². The lowest BCUT2D eigenvalue weighted by Gasteiger charge is -2.18. The quantitative estimate of drug-likeness (QED) is 0.609. The van der Waals surface area contributed by atoms with E-state index >= 15 is 0 Å². The molecule has 0 radical (unpaired) electrons. The van der Waals surface area contributed by atoms with E-state index in [1.165, 1.54) is 0 Å². The highest BCUT2D eigenvalue weighted by Gasteiger charge is 2.33. The summed E-state index contributed by atoms with van der Waals surface area (Å²) in [4.78, 5) is 13.3. The molecule has 4 heteroatoms. The van der Waals surface area contributed by atoms with Gasteiger partial charge in [0.2, 0.25) is 0 Å². The molecule has 0 saturated carbocycles. The molecule has 70 valence electrons. The van der Waals surface area contributed by atoms with Gasteiger partial charge in [0.05, 0.1) is 6.04 Å². The van der Waals surface area contributed by atoms with Crippen LogP contribution in [-0.4, -0.2) is 27.9 Å². The van der Waals surface area contributed by atoms with Crippen molar-refractivity contribution in [3.8, 4) is 0 Å². The van der Waals surface area contributed by atoms with Crippen LogP contribution < -0.4 is 5.32 Å². The number of nitrogens with zero attached hydrogens (tertiary/aromatic N) is 1. The van der Waals surface area contributed by atoms with Crippen molar-refractivity contribution in [3.05, 3.63) is 23.9 Å². The lowest BCUT2D eigenvalue weighted by atomic mass is 10.1. The lowest BCUT2D eigenvalue weighted by molar-refractivity contribution is 0.225. The first-order valence-corrected chi connectivity index (χ1v) is 5.86. The summed E-state index contributed by atoms with van der Waals surface area (Å²) in [5.41, 5.74) is 1.13. The number of urea groups is 1. The number of fused-ring (bicyclic) bond motifs is 1. The first-order valence-electron chi connectivity index (χ1n) is 4.33. The number of nitrogens with one attached hydrogen (secondary N) is 1. The van der Waals surface area contributed by atoms with E-state index < -0.39 is 0 Å². The van der Waals surface area contributed by atoms with Crippen LogP contribution in [0.1, 0.15) is 6.42 Å². The van der Waals surface area contributed by atoms with Crippen LogP contribution in [0.15, 0.2) is 23.9 Å². The summed E-state index contributed by atoms with van der Waals surface area (Å²) in [6.45, 7) is 0.808. The summed E-state index contributed by atoms with van der Waals surface area (Å²) in [6.07, 6.45) is 7.06. The number of carbonyl (C=O) groups excluding carboxylic acids is 1. The highest BCUT2D eigenvalue weighted by molar-refractivity contribution is 14.1. The zero-order valence-electron chi connectivity index (χ0n) is 7.16. The minimum absolute atomic E-state index is 0.0524.